The number of carbonyl (C=O) groups is 3. The van der Waals surface area contributed by atoms with E-state index in [4.69, 9.17) is 9.47 Å². The van der Waals surface area contributed by atoms with Crippen LogP contribution in [0, 0.1) is 0 Å². The van der Waals surface area contributed by atoms with Crippen molar-refractivity contribution < 1.29 is 28.6 Å². The molecule has 34 heavy (non-hydrogen) atoms. The van der Waals surface area contributed by atoms with Gasteiger partial charge in [0.15, 0.2) is 11.5 Å². The topological polar surface area (TPSA) is 82.1 Å². The van der Waals surface area contributed by atoms with Crippen LogP contribution in [0.5, 0.6) is 11.5 Å². The SMILES string of the molecule is C=CCc1cc(/C=C2/SC(=O)N([C@@H](C)C(=O)OC)C2=O)cc(OCC)c1OCc1ccccc1. The van der Waals surface area contributed by atoms with Crippen LogP contribution in [0.4, 0.5) is 4.79 Å². The fourth-order valence-corrected chi connectivity index (χ4v) is 4.38. The number of rotatable bonds is 10. The molecule has 1 saturated heterocycles. The van der Waals surface area contributed by atoms with Crippen LogP contribution >= 0.6 is 11.8 Å². The third-order valence-corrected chi connectivity index (χ3v) is 5.98. The largest absolute Gasteiger partial charge is 0.490 e. The Balaban J connectivity index is 1.94. The van der Waals surface area contributed by atoms with Gasteiger partial charge in [-0.3, -0.25) is 14.5 Å². The number of nitrogens with zero attached hydrogens (tertiary/aromatic N) is 1. The zero-order valence-electron chi connectivity index (χ0n) is 19.4. The van der Waals surface area contributed by atoms with Gasteiger partial charge in [0.25, 0.3) is 11.1 Å². The molecule has 0 radical (unpaired) electrons. The maximum absolute atomic E-state index is 12.9. The Morgan fingerprint density at radius 2 is 1.91 bits per heavy atom. The lowest BCUT2D eigenvalue weighted by Gasteiger charge is -2.18. The van der Waals surface area contributed by atoms with Crippen LogP contribution < -0.4 is 9.47 Å². The molecule has 1 aliphatic rings. The standard InChI is InChI=1S/C26H27NO6S/c1-5-10-20-13-19(15-22-24(28)27(26(30)34-22)17(3)25(29)31-4)14-21(32-6-2)23(20)33-16-18-11-8-7-9-12-18/h5,7-9,11-15,17H,1,6,10,16H2,2-4H3/b22-15+/t17-/m0/s1. The van der Waals surface area contributed by atoms with Crippen molar-refractivity contribution in [2.45, 2.75) is 32.9 Å². The number of carbonyl (C=O) groups excluding carboxylic acids is 3. The summed E-state index contributed by atoms with van der Waals surface area (Å²) in [5.41, 5.74) is 2.53. The van der Waals surface area contributed by atoms with Crippen LogP contribution in [0.15, 0.2) is 60.0 Å². The van der Waals surface area contributed by atoms with Crippen LogP contribution in [-0.2, 0) is 27.4 Å². The van der Waals surface area contributed by atoms with Crippen molar-refractivity contribution in [3.05, 3.63) is 76.7 Å². The summed E-state index contributed by atoms with van der Waals surface area (Å²) in [6, 6.07) is 12.4. The quantitative estimate of drug-likeness (QED) is 0.269. The number of esters is 1. The highest BCUT2D eigenvalue weighted by molar-refractivity contribution is 8.18. The molecular weight excluding hydrogens is 454 g/mol. The molecule has 2 amide bonds. The average Bonchev–Trinajstić information content (AvgIpc) is 3.11. The smallest absolute Gasteiger partial charge is 0.328 e. The van der Waals surface area contributed by atoms with E-state index in [1.807, 2.05) is 43.3 Å². The molecule has 8 heteroatoms. The van der Waals surface area contributed by atoms with E-state index in [1.54, 1.807) is 18.2 Å². The summed E-state index contributed by atoms with van der Waals surface area (Å²) in [4.78, 5) is 38.3. The average molecular weight is 482 g/mol. The molecule has 0 bridgehead atoms. The number of amides is 2. The molecule has 0 N–H and O–H groups in total. The van der Waals surface area contributed by atoms with Gasteiger partial charge in [-0.1, -0.05) is 36.4 Å². The van der Waals surface area contributed by atoms with Gasteiger partial charge in [0.2, 0.25) is 0 Å². The van der Waals surface area contributed by atoms with E-state index >= 15 is 0 Å². The summed E-state index contributed by atoms with van der Waals surface area (Å²) in [6.45, 7) is 7.96. The van der Waals surface area contributed by atoms with E-state index in [1.165, 1.54) is 14.0 Å². The van der Waals surface area contributed by atoms with Crippen molar-refractivity contribution in [2.24, 2.45) is 0 Å². The van der Waals surface area contributed by atoms with Crippen LogP contribution in [0.3, 0.4) is 0 Å². The summed E-state index contributed by atoms with van der Waals surface area (Å²) < 4.78 is 16.7. The van der Waals surface area contributed by atoms with Crippen molar-refractivity contribution in [1.29, 1.82) is 0 Å². The predicted octanol–water partition coefficient (Wildman–Crippen LogP) is 4.99. The van der Waals surface area contributed by atoms with Crippen LogP contribution in [-0.4, -0.2) is 41.8 Å². The minimum absolute atomic E-state index is 0.214. The first-order chi connectivity index (χ1) is 16.4. The van der Waals surface area contributed by atoms with E-state index in [0.29, 0.717) is 36.7 Å². The Morgan fingerprint density at radius 1 is 1.18 bits per heavy atom. The van der Waals surface area contributed by atoms with Gasteiger partial charge in [-0.15, -0.1) is 6.58 Å². The first-order valence-corrected chi connectivity index (χ1v) is 11.6. The van der Waals surface area contributed by atoms with Crippen LogP contribution in [0.1, 0.15) is 30.5 Å². The molecule has 1 fully saturated rings. The molecule has 1 aliphatic heterocycles. The number of ether oxygens (including phenoxy) is 3. The predicted molar refractivity (Wildman–Crippen MR) is 132 cm³/mol. The van der Waals surface area contributed by atoms with Crippen molar-refractivity contribution >= 4 is 35.0 Å². The number of allylic oxidation sites excluding steroid dienone is 1. The Labute approximate surface area is 203 Å². The highest BCUT2D eigenvalue weighted by Crippen LogP contribution is 2.38. The highest BCUT2D eigenvalue weighted by Gasteiger charge is 2.41. The lowest BCUT2D eigenvalue weighted by atomic mass is 10.0. The number of hydrogen-bond acceptors (Lipinski definition) is 7. The fourth-order valence-electron chi connectivity index (χ4n) is 3.47. The van der Waals surface area contributed by atoms with Crippen molar-refractivity contribution in [2.75, 3.05) is 13.7 Å². The first kappa shape index (κ1) is 25.1. The number of imide groups is 1. The zero-order valence-corrected chi connectivity index (χ0v) is 20.2. The van der Waals surface area contributed by atoms with Gasteiger partial charge in [0.05, 0.1) is 18.6 Å². The van der Waals surface area contributed by atoms with Crippen LogP contribution in [0.25, 0.3) is 6.08 Å². The van der Waals surface area contributed by atoms with Gasteiger partial charge in [-0.25, -0.2) is 4.79 Å². The van der Waals surface area contributed by atoms with E-state index in [-0.39, 0.29) is 4.91 Å². The first-order valence-electron chi connectivity index (χ1n) is 10.8. The summed E-state index contributed by atoms with van der Waals surface area (Å²) in [5.74, 6) is -0.0581. The summed E-state index contributed by atoms with van der Waals surface area (Å²) in [6.07, 6.45) is 3.90. The second-order valence-electron chi connectivity index (χ2n) is 7.46. The van der Waals surface area contributed by atoms with Gasteiger partial charge in [0, 0.05) is 5.56 Å². The highest BCUT2D eigenvalue weighted by atomic mass is 32.2. The fraction of sp³-hybridized carbons (Fsp3) is 0.269. The minimum atomic E-state index is -1.01. The second-order valence-corrected chi connectivity index (χ2v) is 8.45. The molecule has 0 saturated carbocycles. The third kappa shape index (κ3) is 5.69. The molecule has 178 valence electrons. The number of thioether (sulfide) groups is 1. The molecule has 3 rings (SSSR count). The van der Waals surface area contributed by atoms with Gasteiger partial charge < -0.3 is 14.2 Å². The molecule has 0 spiro atoms. The maximum atomic E-state index is 12.9. The summed E-state index contributed by atoms with van der Waals surface area (Å²) in [5, 5.41) is -0.520. The molecule has 7 nitrogen and oxygen atoms in total. The normalized spacial score (nSPS) is 15.4. The van der Waals surface area contributed by atoms with Gasteiger partial charge in [0.1, 0.15) is 12.6 Å². The number of hydrogen-bond donors (Lipinski definition) is 0. The Kier molecular flexibility index (Phi) is 8.54. The summed E-state index contributed by atoms with van der Waals surface area (Å²) in [7, 11) is 1.21. The van der Waals surface area contributed by atoms with E-state index in [9.17, 15) is 14.4 Å². The lowest BCUT2D eigenvalue weighted by molar-refractivity contribution is -0.148. The number of benzene rings is 2. The van der Waals surface area contributed by atoms with Gasteiger partial charge in [-0.05, 0) is 61.4 Å². The molecule has 0 aromatic heterocycles. The van der Waals surface area contributed by atoms with E-state index in [0.717, 1.165) is 27.8 Å². The van der Waals surface area contributed by atoms with Crippen LogP contribution in [0.2, 0.25) is 0 Å². The van der Waals surface area contributed by atoms with Gasteiger partial charge in [-0.2, -0.15) is 0 Å². The Morgan fingerprint density at radius 3 is 2.56 bits per heavy atom. The molecule has 0 aliphatic carbocycles. The molecule has 2 aromatic carbocycles. The molecule has 2 aromatic rings. The summed E-state index contributed by atoms with van der Waals surface area (Å²) >= 11 is 0.782. The van der Waals surface area contributed by atoms with Gasteiger partial charge >= 0.3 is 5.97 Å². The van der Waals surface area contributed by atoms with Crippen molar-refractivity contribution in [1.82, 2.24) is 4.90 Å². The Hall–Kier alpha value is -3.52. The maximum Gasteiger partial charge on any atom is 0.328 e. The second kappa shape index (κ2) is 11.6. The van der Waals surface area contributed by atoms with Crippen molar-refractivity contribution in [3.8, 4) is 11.5 Å². The molecule has 1 heterocycles. The van der Waals surface area contributed by atoms with E-state index in [2.05, 4.69) is 11.3 Å². The van der Waals surface area contributed by atoms with Crippen molar-refractivity contribution in [3.63, 3.8) is 0 Å². The third-order valence-electron chi connectivity index (χ3n) is 5.10. The monoisotopic (exact) mass is 481 g/mol. The lowest BCUT2D eigenvalue weighted by Crippen LogP contribution is -2.42. The minimum Gasteiger partial charge on any atom is -0.490 e. The number of methoxy groups -OCH3 is 1. The molecule has 1 atom stereocenters. The van der Waals surface area contributed by atoms with E-state index < -0.39 is 23.2 Å². The zero-order chi connectivity index (χ0) is 24.7. The molecular formula is C26H27NO6S. The molecule has 0 unspecified atom stereocenters. The Bertz CT molecular complexity index is 1110.